The zero-order valence-corrected chi connectivity index (χ0v) is 23.0. The molecule has 1 saturated heterocycles. The highest BCUT2D eigenvalue weighted by Crippen LogP contribution is 2.42. The molecule has 1 fully saturated rings. The quantitative estimate of drug-likeness (QED) is 0.258. The molecule has 0 radical (unpaired) electrons. The van der Waals surface area contributed by atoms with Crippen LogP contribution in [0.4, 0.5) is 16.0 Å². The van der Waals surface area contributed by atoms with Gasteiger partial charge in [0.25, 0.3) is 10.0 Å². The lowest BCUT2D eigenvalue weighted by atomic mass is 9.78. The molecule has 1 aromatic heterocycles. The molecule has 0 saturated carbocycles. The number of nitrogens with zero attached hydrogens (tertiary/aromatic N) is 3. The lowest BCUT2D eigenvalue weighted by Gasteiger charge is -2.27. The number of halogens is 1. The molecule has 7 nitrogen and oxygen atoms in total. The van der Waals surface area contributed by atoms with Crippen LogP contribution in [0.1, 0.15) is 41.9 Å². The van der Waals surface area contributed by atoms with Gasteiger partial charge in [-0.15, -0.1) is 0 Å². The largest absolute Gasteiger partial charge is 0.354 e. The maximum absolute atomic E-state index is 13.2. The van der Waals surface area contributed by atoms with Gasteiger partial charge in [-0.05, 0) is 98.4 Å². The second-order valence-electron chi connectivity index (χ2n) is 10.4. The van der Waals surface area contributed by atoms with Gasteiger partial charge in [0.2, 0.25) is 5.95 Å². The van der Waals surface area contributed by atoms with Crippen molar-refractivity contribution in [1.29, 1.82) is 0 Å². The second kappa shape index (κ2) is 11.3. The Hall–Kier alpha value is -3.82. The van der Waals surface area contributed by atoms with Crippen LogP contribution in [0, 0.1) is 5.82 Å². The average Bonchev–Trinajstić information content (AvgIpc) is 3.49. The minimum atomic E-state index is -3.82. The molecule has 1 aliphatic heterocycles. The van der Waals surface area contributed by atoms with Gasteiger partial charge in [-0.2, -0.15) is 0 Å². The fourth-order valence-corrected chi connectivity index (χ4v) is 6.70. The van der Waals surface area contributed by atoms with E-state index in [1.807, 2.05) is 30.5 Å². The lowest BCUT2D eigenvalue weighted by molar-refractivity contribution is 0.337. The van der Waals surface area contributed by atoms with Crippen LogP contribution in [0.3, 0.4) is 0 Å². The highest BCUT2D eigenvalue weighted by molar-refractivity contribution is 7.92. The first kappa shape index (κ1) is 26.4. The Morgan fingerprint density at radius 2 is 1.70 bits per heavy atom. The van der Waals surface area contributed by atoms with Crippen molar-refractivity contribution < 1.29 is 12.8 Å². The van der Waals surface area contributed by atoms with Crippen LogP contribution in [-0.2, 0) is 16.4 Å². The molecular weight excluding hydrogens is 525 g/mol. The molecule has 3 aromatic carbocycles. The second-order valence-corrected chi connectivity index (χ2v) is 12.1. The highest BCUT2D eigenvalue weighted by atomic mass is 32.2. The number of hydrogen-bond donors (Lipinski definition) is 2. The Morgan fingerprint density at radius 1 is 0.950 bits per heavy atom. The summed E-state index contributed by atoms with van der Waals surface area (Å²) in [4.78, 5) is 12.0. The van der Waals surface area contributed by atoms with E-state index < -0.39 is 15.8 Å². The standard InChI is InChI=1S/C31H32FN5O2S/c32-24-10-14-26(15-11-24)40(38,39)36-25-12-8-22(9-13-25)29-20-23-21-34-31(33-16-5-19-37-17-3-4-18-37)35-30(23)28-7-2-1-6-27(28)29/h1-2,6-15,21,29,36H,3-5,16-20H2,(H,33,34,35). The van der Waals surface area contributed by atoms with Gasteiger partial charge in [-0.3, -0.25) is 4.72 Å². The van der Waals surface area contributed by atoms with Crippen LogP contribution < -0.4 is 10.0 Å². The zero-order chi connectivity index (χ0) is 27.5. The smallest absolute Gasteiger partial charge is 0.261 e. The molecule has 40 heavy (non-hydrogen) atoms. The van der Waals surface area contributed by atoms with E-state index in [1.54, 1.807) is 12.1 Å². The van der Waals surface area contributed by atoms with Gasteiger partial charge < -0.3 is 10.2 Å². The first-order chi connectivity index (χ1) is 19.5. The lowest BCUT2D eigenvalue weighted by Crippen LogP contribution is -2.22. The normalized spacial score (nSPS) is 16.8. The van der Waals surface area contributed by atoms with Crippen molar-refractivity contribution in [1.82, 2.24) is 14.9 Å². The summed E-state index contributed by atoms with van der Waals surface area (Å²) in [6.45, 7) is 4.37. The summed E-state index contributed by atoms with van der Waals surface area (Å²) in [6.07, 6.45) is 6.36. The molecule has 2 heterocycles. The van der Waals surface area contributed by atoms with Gasteiger partial charge in [-0.25, -0.2) is 22.8 Å². The molecule has 2 N–H and O–H groups in total. The van der Waals surface area contributed by atoms with E-state index in [-0.39, 0.29) is 10.8 Å². The number of anilines is 2. The van der Waals surface area contributed by atoms with E-state index in [2.05, 4.69) is 32.1 Å². The molecule has 0 bridgehead atoms. The zero-order valence-electron chi connectivity index (χ0n) is 22.2. The number of fused-ring (bicyclic) bond motifs is 3. The monoisotopic (exact) mass is 557 g/mol. The van der Waals surface area contributed by atoms with E-state index >= 15 is 0 Å². The molecule has 0 amide bonds. The maximum atomic E-state index is 13.2. The van der Waals surface area contributed by atoms with E-state index in [9.17, 15) is 12.8 Å². The maximum Gasteiger partial charge on any atom is 0.261 e. The summed E-state index contributed by atoms with van der Waals surface area (Å²) in [5.74, 6) is 0.268. The first-order valence-electron chi connectivity index (χ1n) is 13.8. The molecule has 9 heteroatoms. The van der Waals surface area contributed by atoms with Gasteiger partial charge in [0, 0.05) is 29.9 Å². The molecule has 1 atom stereocenters. The number of likely N-dealkylation sites (tertiary alicyclic amines) is 1. The van der Waals surface area contributed by atoms with Crippen LogP contribution in [0.25, 0.3) is 11.3 Å². The number of nitrogens with one attached hydrogen (secondary N) is 2. The fourth-order valence-electron chi connectivity index (χ4n) is 5.64. The number of aromatic nitrogens is 2. The van der Waals surface area contributed by atoms with Gasteiger partial charge in [0.15, 0.2) is 0 Å². The molecule has 1 unspecified atom stereocenters. The van der Waals surface area contributed by atoms with Crippen LogP contribution in [0.2, 0.25) is 0 Å². The Balaban J connectivity index is 1.17. The average molecular weight is 558 g/mol. The summed E-state index contributed by atoms with van der Waals surface area (Å²) in [5, 5.41) is 3.41. The van der Waals surface area contributed by atoms with Gasteiger partial charge in [-0.1, -0.05) is 36.4 Å². The van der Waals surface area contributed by atoms with Crippen LogP contribution in [0.15, 0.2) is 83.9 Å². The van der Waals surface area contributed by atoms with Crippen molar-refractivity contribution in [3.05, 3.63) is 102 Å². The molecular formula is C31H32FN5O2S. The topological polar surface area (TPSA) is 87.2 Å². The van der Waals surface area contributed by atoms with E-state index in [4.69, 9.17) is 4.98 Å². The van der Waals surface area contributed by atoms with Crippen LogP contribution in [0.5, 0.6) is 0 Å². The molecule has 1 aliphatic carbocycles. The fraction of sp³-hybridized carbons (Fsp3) is 0.290. The summed E-state index contributed by atoms with van der Waals surface area (Å²) >= 11 is 0. The summed E-state index contributed by atoms with van der Waals surface area (Å²) in [6, 6.07) is 20.5. The molecule has 0 spiro atoms. The van der Waals surface area contributed by atoms with E-state index in [0.29, 0.717) is 11.6 Å². The predicted molar refractivity (Wildman–Crippen MR) is 155 cm³/mol. The molecule has 6 rings (SSSR count). The van der Waals surface area contributed by atoms with Crippen molar-refractivity contribution in [2.75, 3.05) is 36.2 Å². The van der Waals surface area contributed by atoms with Crippen molar-refractivity contribution >= 4 is 21.7 Å². The van der Waals surface area contributed by atoms with Crippen molar-refractivity contribution in [2.45, 2.75) is 36.5 Å². The first-order valence-corrected chi connectivity index (χ1v) is 15.2. The number of rotatable bonds is 9. The Kier molecular flexibility index (Phi) is 7.49. The van der Waals surface area contributed by atoms with E-state index in [1.165, 1.54) is 43.6 Å². The van der Waals surface area contributed by atoms with E-state index in [0.717, 1.165) is 60.4 Å². The number of hydrogen-bond acceptors (Lipinski definition) is 6. The summed E-state index contributed by atoms with van der Waals surface area (Å²) in [7, 11) is -3.82. The van der Waals surface area contributed by atoms with Crippen molar-refractivity contribution in [2.24, 2.45) is 0 Å². The third-order valence-electron chi connectivity index (χ3n) is 7.70. The molecule has 2 aliphatic rings. The minimum absolute atomic E-state index is 0.0104. The molecule has 206 valence electrons. The third kappa shape index (κ3) is 5.71. The SMILES string of the molecule is O=S(=O)(Nc1ccc(C2Cc3cnc(NCCCN4CCCC4)nc3-c3ccccc32)cc1)c1ccc(F)cc1. The highest BCUT2D eigenvalue weighted by Gasteiger charge is 2.27. The van der Waals surface area contributed by atoms with Crippen LogP contribution in [-0.4, -0.2) is 49.5 Å². The number of benzene rings is 3. The molecule has 4 aromatic rings. The third-order valence-corrected chi connectivity index (χ3v) is 9.10. The van der Waals surface area contributed by atoms with Gasteiger partial charge in [0.1, 0.15) is 5.82 Å². The summed E-state index contributed by atoms with van der Waals surface area (Å²) < 4.78 is 41.2. The van der Waals surface area contributed by atoms with Crippen molar-refractivity contribution in [3.63, 3.8) is 0 Å². The van der Waals surface area contributed by atoms with Crippen molar-refractivity contribution in [3.8, 4) is 11.3 Å². The minimum Gasteiger partial charge on any atom is -0.354 e. The van der Waals surface area contributed by atoms with Gasteiger partial charge in [0.05, 0.1) is 10.6 Å². The Bertz CT molecular complexity index is 1590. The Morgan fingerprint density at radius 3 is 2.48 bits per heavy atom. The van der Waals surface area contributed by atoms with Crippen LogP contribution >= 0.6 is 0 Å². The Labute approximate surface area is 234 Å². The number of sulfonamides is 1. The summed E-state index contributed by atoms with van der Waals surface area (Å²) in [5.41, 5.74) is 5.86. The predicted octanol–water partition coefficient (Wildman–Crippen LogP) is 5.67. The van der Waals surface area contributed by atoms with Gasteiger partial charge >= 0.3 is 0 Å².